The third-order valence-corrected chi connectivity index (χ3v) is 5.17. The molecule has 0 aromatic heterocycles. The first-order valence-corrected chi connectivity index (χ1v) is 10.7. The summed E-state index contributed by atoms with van der Waals surface area (Å²) >= 11 is 0. The second-order valence-electron chi connectivity index (χ2n) is 7.23. The highest BCUT2D eigenvalue weighted by Crippen LogP contribution is 2.15. The van der Waals surface area contributed by atoms with E-state index in [1.165, 1.54) is 16.7 Å². The number of allylic oxidation sites excluding steroid dienone is 2. The minimum atomic E-state index is 0.940. The Kier molecular flexibility index (Phi) is 7.71. The first-order valence-electron chi connectivity index (χ1n) is 10.7. The first kappa shape index (κ1) is 21.2. The van der Waals surface area contributed by atoms with Crippen LogP contribution in [0.15, 0.2) is 78.9 Å². The van der Waals surface area contributed by atoms with Crippen LogP contribution in [0.2, 0.25) is 0 Å². The topological polar surface area (TPSA) is 0 Å². The fourth-order valence-electron chi connectivity index (χ4n) is 3.09. The van der Waals surface area contributed by atoms with Crippen LogP contribution in [-0.4, -0.2) is 0 Å². The van der Waals surface area contributed by atoms with E-state index in [9.17, 15) is 0 Å². The van der Waals surface area contributed by atoms with Crippen molar-refractivity contribution < 1.29 is 0 Å². The molecule has 0 amide bonds. The quantitative estimate of drug-likeness (QED) is 0.428. The maximum absolute atomic E-state index is 3.34. The summed E-state index contributed by atoms with van der Waals surface area (Å²) in [6, 6.07) is 25.5. The highest BCUT2D eigenvalue weighted by atomic mass is 14.0. The van der Waals surface area contributed by atoms with Crippen LogP contribution in [0.1, 0.15) is 54.2 Å². The molecule has 0 aliphatic rings. The van der Waals surface area contributed by atoms with Crippen LogP contribution in [0.25, 0.3) is 5.57 Å². The molecule has 0 atom stereocenters. The van der Waals surface area contributed by atoms with Gasteiger partial charge in [0.1, 0.15) is 0 Å². The summed E-state index contributed by atoms with van der Waals surface area (Å²) in [5.74, 6) is 13.1. The minimum absolute atomic E-state index is 0.940. The van der Waals surface area contributed by atoms with Gasteiger partial charge in [-0.1, -0.05) is 93.0 Å². The molecular weight excluding hydrogens is 360 g/mol. The van der Waals surface area contributed by atoms with Crippen molar-refractivity contribution in [3.05, 3.63) is 112 Å². The molecule has 3 aromatic carbocycles. The largest absolute Gasteiger partial charge is 0.0683 e. The Bertz CT molecular complexity index is 1100. The van der Waals surface area contributed by atoms with Gasteiger partial charge in [-0.15, -0.1) is 0 Å². The summed E-state index contributed by atoms with van der Waals surface area (Å²) in [6.45, 7) is 6.49. The molecule has 3 rings (SSSR count). The van der Waals surface area contributed by atoms with Crippen LogP contribution in [0.4, 0.5) is 0 Å². The van der Waals surface area contributed by atoms with Crippen molar-refractivity contribution in [2.45, 2.75) is 40.0 Å². The molecule has 0 saturated heterocycles. The van der Waals surface area contributed by atoms with E-state index in [0.717, 1.165) is 41.5 Å². The van der Waals surface area contributed by atoms with Gasteiger partial charge in [0.15, 0.2) is 0 Å². The van der Waals surface area contributed by atoms with Gasteiger partial charge in [0.2, 0.25) is 0 Å². The molecule has 0 aliphatic heterocycles. The highest BCUT2D eigenvalue weighted by molar-refractivity contribution is 5.81. The lowest BCUT2D eigenvalue weighted by atomic mass is 10.0. The SMILES string of the molecule is CCc1ccc(C#C/C=C(/C#Cc2ccc(CC)cc2)c2ccc(CC)cc2)cc1. The predicted molar refractivity (Wildman–Crippen MR) is 129 cm³/mol. The predicted octanol–water partition coefficient (Wildman–Crippen LogP) is 6.86. The van der Waals surface area contributed by atoms with Gasteiger partial charge in [-0.25, -0.2) is 0 Å². The number of rotatable bonds is 4. The Morgan fingerprint density at radius 1 is 0.600 bits per heavy atom. The molecule has 0 nitrogen and oxygen atoms in total. The zero-order valence-corrected chi connectivity index (χ0v) is 18.1. The van der Waals surface area contributed by atoms with E-state index in [-0.39, 0.29) is 0 Å². The lowest BCUT2D eigenvalue weighted by Gasteiger charge is -2.02. The third kappa shape index (κ3) is 6.01. The lowest BCUT2D eigenvalue weighted by molar-refractivity contribution is 1.14. The zero-order valence-electron chi connectivity index (χ0n) is 18.1. The average Bonchev–Trinajstić information content (AvgIpc) is 2.82. The summed E-state index contributed by atoms with van der Waals surface area (Å²) in [5.41, 5.74) is 8.05. The fraction of sp³-hybridized carbons (Fsp3) is 0.200. The first-order chi connectivity index (χ1) is 14.7. The van der Waals surface area contributed by atoms with Crippen LogP contribution in [0.3, 0.4) is 0 Å². The van der Waals surface area contributed by atoms with E-state index in [1.807, 2.05) is 6.08 Å². The van der Waals surface area contributed by atoms with Gasteiger partial charge in [-0.05, 0) is 65.8 Å². The molecule has 148 valence electrons. The van der Waals surface area contributed by atoms with Gasteiger partial charge in [0.05, 0.1) is 0 Å². The minimum Gasteiger partial charge on any atom is -0.0683 e. The number of hydrogen-bond acceptors (Lipinski definition) is 0. The Morgan fingerprint density at radius 3 is 1.50 bits per heavy atom. The maximum Gasteiger partial charge on any atom is 0.0405 e. The van der Waals surface area contributed by atoms with E-state index >= 15 is 0 Å². The Balaban J connectivity index is 1.91. The molecule has 0 unspecified atom stereocenters. The van der Waals surface area contributed by atoms with Gasteiger partial charge in [0.25, 0.3) is 0 Å². The Morgan fingerprint density at radius 2 is 1.03 bits per heavy atom. The van der Waals surface area contributed by atoms with Crippen molar-refractivity contribution in [3.8, 4) is 23.7 Å². The van der Waals surface area contributed by atoms with Gasteiger partial charge in [-0.3, -0.25) is 0 Å². The van der Waals surface area contributed by atoms with Gasteiger partial charge in [0, 0.05) is 22.8 Å². The monoisotopic (exact) mass is 388 g/mol. The summed E-state index contributed by atoms with van der Waals surface area (Å²) < 4.78 is 0. The standard InChI is InChI=1S/C30H28/c1-4-24-10-14-27(15-11-24)8-7-9-29(30-21-18-26(6-3)19-22-30)23-20-28-16-12-25(5-2)13-17-28/h9-19,21-22H,4-6H2,1-3H3/b29-9-. The van der Waals surface area contributed by atoms with E-state index in [2.05, 4.69) is 117 Å². The van der Waals surface area contributed by atoms with Crippen molar-refractivity contribution >= 4 is 5.57 Å². The van der Waals surface area contributed by atoms with Crippen molar-refractivity contribution in [1.29, 1.82) is 0 Å². The normalized spacial score (nSPS) is 10.6. The van der Waals surface area contributed by atoms with E-state index < -0.39 is 0 Å². The van der Waals surface area contributed by atoms with Crippen LogP contribution in [0.5, 0.6) is 0 Å². The molecular formula is C30H28. The summed E-state index contributed by atoms with van der Waals surface area (Å²) in [6.07, 6.45) is 5.04. The molecule has 30 heavy (non-hydrogen) atoms. The zero-order chi connectivity index (χ0) is 21.2. The molecule has 0 radical (unpaired) electrons. The summed E-state index contributed by atoms with van der Waals surface area (Å²) in [4.78, 5) is 0. The Labute approximate surface area is 181 Å². The van der Waals surface area contributed by atoms with Crippen LogP contribution >= 0.6 is 0 Å². The smallest absolute Gasteiger partial charge is 0.0405 e. The maximum atomic E-state index is 3.34. The second-order valence-corrected chi connectivity index (χ2v) is 7.23. The van der Waals surface area contributed by atoms with Crippen LogP contribution < -0.4 is 0 Å². The van der Waals surface area contributed by atoms with Crippen molar-refractivity contribution in [2.75, 3.05) is 0 Å². The van der Waals surface area contributed by atoms with E-state index in [1.54, 1.807) is 0 Å². The molecule has 0 fully saturated rings. The summed E-state index contributed by atoms with van der Waals surface area (Å²) in [7, 11) is 0. The van der Waals surface area contributed by atoms with Crippen molar-refractivity contribution in [1.82, 2.24) is 0 Å². The number of benzene rings is 3. The molecule has 0 heterocycles. The molecule has 0 spiro atoms. The van der Waals surface area contributed by atoms with Crippen molar-refractivity contribution in [2.24, 2.45) is 0 Å². The van der Waals surface area contributed by atoms with E-state index in [4.69, 9.17) is 0 Å². The fourth-order valence-corrected chi connectivity index (χ4v) is 3.09. The van der Waals surface area contributed by atoms with Crippen LogP contribution in [-0.2, 0) is 19.3 Å². The second kappa shape index (κ2) is 10.9. The third-order valence-electron chi connectivity index (χ3n) is 5.17. The average molecular weight is 389 g/mol. The van der Waals surface area contributed by atoms with Gasteiger partial charge >= 0.3 is 0 Å². The molecule has 0 N–H and O–H groups in total. The molecule has 0 aliphatic carbocycles. The van der Waals surface area contributed by atoms with Gasteiger partial charge in [-0.2, -0.15) is 0 Å². The highest BCUT2D eigenvalue weighted by Gasteiger charge is 1.99. The lowest BCUT2D eigenvalue weighted by Crippen LogP contribution is -1.85. The summed E-state index contributed by atoms with van der Waals surface area (Å²) in [5, 5.41) is 0. The van der Waals surface area contributed by atoms with Gasteiger partial charge < -0.3 is 0 Å². The number of hydrogen-bond donors (Lipinski definition) is 0. The van der Waals surface area contributed by atoms with Crippen LogP contribution in [0, 0.1) is 23.7 Å². The molecule has 3 aromatic rings. The van der Waals surface area contributed by atoms with E-state index in [0.29, 0.717) is 0 Å². The Hall–Kier alpha value is -3.48. The molecule has 0 bridgehead atoms. The van der Waals surface area contributed by atoms with Crippen molar-refractivity contribution in [3.63, 3.8) is 0 Å². The number of aryl methyl sites for hydroxylation is 3. The molecule has 0 heteroatoms. The molecule has 0 saturated carbocycles.